The first-order valence-electron chi connectivity index (χ1n) is 5.82. The van der Waals surface area contributed by atoms with E-state index in [9.17, 15) is 4.79 Å². The van der Waals surface area contributed by atoms with Crippen molar-refractivity contribution in [2.75, 3.05) is 19.4 Å². The lowest BCUT2D eigenvalue weighted by molar-refractivity contribution is 0.0958. The third-order valence-electron chi connectivity index (χ3n) is 2.68. The fourth-order valence-corrected chi connectivity index (χ4v) is 2.85. The average Bonchev–Trinajstić information content (AvgIpc) is 2.73. The maximum absolute atomic E-state index is 12.0. The molecule has 1 heterocycles. The maximum Gasteiger partial charge on any atom is 0.263 e. The number of ether oxygens (including phenoxy) is 1. The van der Waals surface area contributed by atoms with Crippen LogP contribution in [0.15, 0.2) is 18.2 Å². The molecule has 0 radical (unpaired) electrons. The van der Waals surface area contributed by atoms with Gasteiger partial charge in [0.05, 0.1) is 18.2 Å². The standard InChI is InChI=1S/C13H16N2O2S/c1-3-7-15-13(16)12-11(14)10-8(17-2)5-4-6-9(10)18-12/h4-6H,3,7,14H2,1-2H3,(H,15,16). The number of benzene rings is 1. The van der Waals surface area contributed by atoms with Gasteiger partial charge in [0.15, 0.2) is 0 Å². The van der Waals surface area contributed by atoms with Gasteiger partial charge in [0.1, 0.15) is 10.6 Å². The largest absolute Gasteiger partial charge is 0.496 e. The predicted octanol–water partition coefficient (Wildman–Crippen LogP) is 2.63. The number of nitrogens with two attached hydrogens (primary N) is 1. The lowest BCUT2D eigenvalue weighted by Crippen LogP contribution is -2.23. The summed E-state index contributed by atoms with van der Waals surface area (Å²) >= 11 is 1.39. The summed E-state index contributed by atoms with van der Waals surface area (Å²) in [5, 5.41) is 3.66. The van der Waals surface area contributed by atoms with E-state index in [1.54, 1.807) is 7.11 Å². The van der Waals surface area contributed by atoms with E-state index in [0.29, 0.717) is 22.9 Å². The van der Waals surface area contributed by atoms with Gasteiger partial charge in [-0.15, -0.1) is 11.3 Å². The first-order valence-corrected chi connectivity index (χ1v) is 6.63. The predicted molar refractivity (Wildman–Crippen MR) is 75.4 cm³/mol. The first-order chi connectivity index (χ1) is 8.69. The number of amides is 1. The molecule has 1 aromatic carbocycles. The number of rotatable bonds is 4. The Morgan fingerprint density at radius 2 is 2.28 bits per heavy atom. The molecule has 2 aromatic rings. The van der Waals surface area contributed by atoms with Crippen LogP contribution in [0.3, 0.4) is 0 Å². The molecule has 0 unspecified atom stereocenters. The summed E-state index contributed by atoms with van der Waals surface area (Å²) in [6, 6.07) is 5.68. The van der Waals surface area contributed by atoms with Crippen molar-refractivity contribution in [3.8, 4) is 5.75 Å². The number of hydrogen-bond donors (Lipinski definition) is 2. The smallest absolute Gasteiger partial charge is 0.263 e. The van der Waals surface area contributed by atoms with Crippen LogP contribution in [0.2, 0.25) is 0 Å². The molecule has 0 spiro atoms. The van der Waals surface area contributed by atoms with Crippen molar-refractivity contribution in [2.24, 2.45) is 0 Å². The van der Waals surface area contributed by atoms with Gasteiger partial charge in [0.2, 0.25) is 0 Å². The summed E-state index contributed by atoms with van der Waals surface area (Å²) in [7, 11) is 1.60. The molecule has 0 aliphatic carbocycles. The Morgan fingerprint density at radius 1 is 1.50 bits per heavy atom. The summed E-state index contributed by atoms with van der Waals surface area (Å²) in [6.45, 7) is 2.67. The second kappa shape index (κ2) is 5.27. The Labute approximate surface area is 110 Å². The number of fused-ring (bicyclic) bond motifs is 1. The minimum absolute atomic E-state index is 0.113. The van der Waals surface area contributed by atoms with Crippen LogP contribution in [0.25, 0.3) is 10.1 Å². The van der Waals surface area contributed by atoms with Gasteiger partial charge >= 0.3 is 0 Å². The number of nitrogen functional groups attached to an aromatic ring is 1. The van der Waals surface area contributed by atoms with E-state index in [1.165, 1.54) is 11.3 Å². The minimum Gasteiger partial charge on any atom is -0.496 e. The molecular formula is C13H16N2O2S. The normalized spacial score (nSPS) is 10.6. The van der Waals surface area contributed by atoms with Gasteiger partial charge < -0.3 is 15.8 Å². The van der Waals surface area contributed by atoms with E-state index in [4.69, 9.17) is 10.5 Å². The van der Waals surface area contributed by atoms with Crippen molar-refractivity contribution in [1.82, 2.24) is 5.32 Å². The number of hydrogen-bond acceptors (Lipinski definition) is 4. The fraction of sp³-hybridized carbons (Fsp3) is 0.308. The zero-order valence-corrected chi connectivity index (χ0v) is 11.3. The lowest BCUT2D eigenvalue weighted by Gasteiger charge is -2.03. The van der Waals surface area contributed by atoms with Crippen LogP contribution in [0.1, 0.15) is 23.0 Å². The number of nitrogens with one attached hydrogen (secondary N) is 1. The molecular weight excluding hydrogens is 248 g/mol. The Bertz CT molecular complexity index is 578. The zero-order chi connectivity index (χ0) is 13.1. The maximum atomic E-state index is 12.0. The van der Waals surface area contributed by atoms with Crippen molar-refractivity contribution in [3.63, 3.8) is 0 Å². The molecule has 0 aliphatic heterocycles. The highest BCUT2D eigenvalue weighted by Crippen LogP contribution is 2.39. The van der Waals surface area contributed by atoms with Crippen LogP contribution in [-0.2, 0) is 0 Å². The minimum atomic E-state index is -0.113. The van der Waals surface area contributed by atoms with Crippen molar-refractivity contribution < 1.29 is 9.53 Å². The van der Waals surface area contributed by atoms with Gasteiger partial charge in [-0.2, -0.15) is 0 Å². The molecule has 3 N–H and O–H groups in total. The number of anilines is 1. The van der Waals surface area contributed by atoms with Crippen LogP contribution in [0.4, 0.5) is 5.69 Å². The molecule has 5 heteroatoms. The van der Waals surface area contributed by atoms with Gasteiger partial charge in [-0.25, -0.2) is 0 Å². The van der Waals surface area contributed by atoms with E-state index in [-0.39, 0.29) is 5.91 Å². The Hall–Kier alpha value is -1.75. The van der Waals surface area contributed by atoms with Crippen molar-refractivity contribution in [1.29, 1.82) is 0 Å². The van der Waals surface area contributed by atoms with Crippen LogP contribution < -0.4 is 15.8 Å². The number of carbonyl (C=O) groups is 1. The van der Waals surface area contributed by atoms with Gasteiger partial charge in [-0.1, -0.05) is 13.0 Å². The quantitative estimate of drug-likeness (QED) is 0.892. The highest BCUT2D eigenvalue weighted by Gasteiger charge is 2.18. The molecule has 1 amide bonds. The van der Waals surface area contributed by atoms with E-state index >= 15 is 0 Å². The fourth-order valence-electron chi connectivity index (χ4n) is 1.80. The number of methoxy groups -OCH3 is 1. The molecule has 0 atom stereocenters. The lowest BCUT2D eigenvalue weighted by atomic mass is 10.2. The van der Waals surface area contributed by atoms with Crippen LogP contribution in [0, 0.1) is 0 Å². The Morgan fingerprint density at radius 3 is 2.94 bits per heavy atom. The SMILES string of the molecule is CCCNC(=O)c1sc2cccc(OC)c2c1N. The first kappa shape index (κ1) is 12.7. The van der Waals surface area contributed by atoms with E-state index < -0.39 is 0 Å². The molecule has 0 saturated carbocycles. The third kappa shape index (κ3) is 2.13. The Kier molecular flexibility index (Phi) is 3.72. The highest BCUT2D eigenvalue weighted by atomic mass is 32.1. The van der Waals surface area contributed by atoms with Gasteiger partial charge in [0.25, 0.3) is 5.91 Å². The molecule has 0 saturated heterocycles. The summed E-state index contributed by atoms with van der Waals surface area (Å²) in [5.41, 5.74) is 6.56. The molecule has 96 valence electrons. The van der Waals surface area contributed by atoms with Crippen molar-refractivity contribution in [3.05, 3.63) is 23.1 Å². The number of carbonyl (C=O) groups excluding carboxylic acids is 1. The molecule has 0 fully saturated rings. The summed E-state index contributed by atoms with van der Waals surface area (Å²) < 4.78 is 6.24. The second-order valence-corrected chi connectivity index (χ2v) is 4.99. The molecule has 2 rings (SSSR count). The average molecular weight is 264 g/mol. The monoisotopic (exact) mass is 264 g/mol. The molecule has 18 heavy (non-hydrogen) atoms. The van der Waals surface area contributed by atoms with Crippen molar-refractivity contribution in [2.45, 2.75) is 13.3 Å². The molecule has 1 aromatic heterocycles. The Balaban J connectivity index is 2.47. The van der Waals surface area contributed by atoms with Crippen molar-refractivity contribution >= 4 is 33.0 Å². The van der Waals surface area contributed by atoms with E-state index in [1.807, 2.05) is 25.1 Å². The molecule has 0 aliphatic rings. The van der Waals surface area contributed by atoms with E-state index in [2.05, 4.69) is 5.32 Å². The summed E-state index contributed by atoms with van der Waals surface area (Å²) in [4.78, 5) is 12.5. The van der Waals surface area contributed by atoms with Gasteiger partial charge in [0, 0.05) is 11.2 Å². The second-order valence-electron chi connectivity index (χ2n) is 3.93. The molecule has 0 bridgehead atoms. The van der Waals surface area contributed by atoms with Crippen LogP contribution >= 0.6 is 11.3 Å². The molecule has 4 nitrogen and oxygen atoms in total. The van der Waals surface area contributed by atoms with Crippen LogP contribution in [-0.4, -0.2) is 19.6 Å². The van der Waals surface area contributed by atoms with Gasteiger partial charge in [-0.3, -0.25) is 4.79 Å². The summed E-state index contributed by atoms with van der Waals surface area (Å²) in [5.74, 6) is 0.591. The highest BCUT2D eigenvalue weighted by molar-refractivity contribution is 7.21. The zero-order valence-electron chi connectivity index (χ0n) is 10.4. The number of thiophene rings is 1. The summed E-state index contributed by atoms with van der Waals surface area (Å²) in [6.07, 6.45) is 0.903. The van der Waals surface area contributed by atoms with Crippen LogP contribution in [0.5, 0.6) is 5.75 Å². The van der Waals surface area contributed by atoms with E-state index in [0.717, 1.165) is 16.5 Å². The van der Waals surface area contributed by atoms with Gasteiger partial charge in [-0.05, 0) is 18.6 Å². The topological polar surface area (TPSA) is 64.3 Å². The third-order valence-corrected chi connectivity index (χ3v) is 3.85.